The van der Waals surface area contributed by atoms with Gasteiger partial charge in [-0.1, -0.05) is 31.2 Å². The van der Waals surface area contributed by atoms with Crippen molar-refractivity contribution >= 4 is 24.5 Å². The molecule has 19 heavy (non-hydrogen) atoms. The number of carbonyl (C=O) groups excluding carboxylic acids is 1. The Morgan fingerprint density at radius 3 is 2.79 bits per heavy atom. The maximum absolute atomic E-state index is 12.3. The molecule has 2 rings (SSSR count). The Labute approximate surface area is 117 Å². The minimum absolute atomic E-state index is 0.142. The third-order valence-electron chi connectivity index (χ3n) is 3.50. The van der Waals surface area contributed by atoms with Crippen molar-refractivity contribution in [3.05, 3.63) is 35.4 Å². The maximum atomic E-state index is 12.3. The Morgan fingerprint density at radius 1 is 1.47 bits per heavy atom. The highest BCUT2D eigenvalue weighted by atomic mass is 32.1. The molecule has 0 aromatic heterocycles. The second-order valence-corrected chi connectivity index (χ2v) is 5.17. The van der Waals surface area contributed by atoms with Gasteiger partial charge in [0.25, 0.3) is 0 Å². The van der Waals surface area contributed by atoms with Gasteiger partial charge in [0, 0.05) is 18.2 Å². The van der Waals surface area contributed by atoms with E-state index < -0.39 is 12.0 Å². The molecule has 5 heteroatoms. The van der Waals surface area contributed by atoms with Gasteiger partial charge in [-0.05, 0) is 17.5 Å². The lowest BCUT2D eigenvalue weighted by molar-refractivity contribution is -0.152. The quantitative estimate of drug-likeness (QED) is 0.829. The number of aliphatic carboxylic acids is 1. The van der Waals surface area contributed by atoms with Crippen LogP contribution in [0.25, 0.3) is 0 Å². The van der Waals surface area contributed by atoms with Gasteiger partial charge in [0.15, 0.2) is 6.04 Å². The molecule has 0 fully saturated rings. The van der Waals surface area contributed by atoms with Crippen molar-refractivity contribution in [1.82, 2.24) is 4.90 Å². The van der Waals surface area contributed by atoms with Gasteiger partial charge < -0.3 is 10.0 Å². The fourth-order valence-corrected chi connectivity index (χ4v) is 2.59. The van der Waals surface area contributed by atoms with Crippen LogP contribution >= 0.6 is 12.6 Å². The Bertz CT molecular complexity index is 503. The first kappa shape index (κ1) is 13.9. The lowest BCUT2D eigenvalue weighted by atomic mass is 9.91. The summed E-state index contributed by atoms with van der Waals surface area (Å²) in [5.41, 5.74) is 1.73. The molecule has 1 aromatic carbocycles. The molecule has 0 unspecified atom stereocenters. The number of rotatable bonds is 3. The summed E-state index contributed by atoms with van der Waals surface area (Å²) in [6, 6.07) is 6.55. The van der Waals surface area contributed by atoms with Gasteiger partial charge in [-0.2, -0.15) is 12.6 Å². The summed E-state index contributed by atoms with van der Waals surface area (Å²) < 4.78 is 0. The summed E-state index contributed by atoms with van der Waals surface area (Å²) in [7, 11) is 0. The molecular weight excluding hydrogens is 262 g/mol. The molecule has 0 saturated carbocycles. The first-order valence-electron chi connectivity index (χ1n) is 6.28. The highest BCUT2D eigenvalue weighted by Crippen LogP contribution is 2.31. The van der Waals surface area contributed by atoms with Crippen molar-refractivity contribution in [2.24, 2.45) is 5.92 Å². The largest absolute Gasteiger partial charge is 0.479 e. The van der Waals surface area contributed by atoms with Crippen LogP contribution in [0.15, 0.2) is 24.3 Å². The van der Waals surface area contributed by atoms with Gasteiger partial charge in [0.2, 0.25) is 5.91 Å². The second-order valence-electron chi connectivity index (χ2n) is 4.80. The highest BCUT2D eigenvalue weighted by molar-refractivity contribution is 7.80. The van der Waals surface area contributed by atoms with Crippen LogP contribution in [0.5, 0.6) is 0 Å². The summed E-state index contributed by atoms with van der Waals surface area (Å²) in [6.07, 6.45) is 0.699. The van der Waals surface area contributed by atoms with E-state index in [-0.39, 0.29) is 11.8 Å². The summed E-state index contributed by atoms with van der Waals surface area (Å²) in [5, 5.41) is 9.45. The van der Waals surface area contributed by atoms with Crippen LogP contribution in [0.3, 0.4) is 0 Å². The van der Waals surface area contributed by atoms with Gasteiger partial charge >= 0.3 is 5.97 Å². The third kappa shape index (κ3) is 2.61. The molecular formula is C14H17NO3S. The first-order valence-corrected chi connectivity index (χ1v) is 6.91. The van der Waals surface area contributed by atoms with Crippen molar-refractivity contribution < 1.29 is 14.7 Å². The molecule has 0 spiro atoms. The molecule has 1 amide bonds. The molecule has 1 N–H and O–H groups in total. The Kier molecular flexibility index (Phi) is 4.14. The highest BCUT2D eigenvalue weighted by Gasteiger charge is 2.36. The summed E-state index contributed by atoms with van der Waals surface area (Å²) in [4.78, 5) is 25.3. The zero-order chi connectivity index (χ0) is 14.0. The van der Waals surface area contributed by atoms with Gasteiger partial charge in [-0.3, -0.25) is 4.79 Å². The molecule has 4 nitrogen and oxygen atoms in total. The number of fused-ring (bicyclic) bond motifs is 1. The number of carbonyl (C=O) groups is 2. The molecule has 1 aliphatic heterocycles. The second kappa shape index (κ2) is 5.65. The van der Waals surface area contributed by atoms with E-state index in [1.165, 1.54) is 4.90 Å². The molecule has 0 radical (unpaired) electrons. The molecule has 0 bridgehead atoms. The zero-order valence-electron chi connectivity index (χ0n) is 10.7. The average molecular weight is 279 g/mol. The number of nitrogens with zero attached hydrogens (tertiary/aromatic N) is 1. The van der Waals surface area contributed by atoms with E-state index in [9.17, 15) is 14.7 Å². The Balaban J connectivity index is 2.37. The standard InChI is InChI=1S/C14H17NO3S/c1-9(8-19)13(16)15-7-6-10-4-2-3-5-11(10)12(15)14(17)18/h2-5,9,12,19H,6-8H2,1H3,(H,17,18)/t9-,12+/m1/s1. The van der Waals surface area contributed by atoms with Crippen molar-refractivity contribution in [2.45, 2.75) is 19.4 Å². The Morgan fingerprint density at radius 2 is 2.16 bits per heavy atom. The molecule has 0 aliphatic carbocycles. The van der Waals surface area contributed by atoms with Crippen molar-refractivity contribution in [2.75, 3.05) is 12.3 Å². The molecule has 1 aliphatic rings. The van der Waals surface area contributed by atoms with Crippen molar-refractivity contribution in [3.63, 3.8) is 0 Å². The fourth-order valence-electron chi connectivity index (χ4n) is 2.43. The molecule has 1 heterocycles. The van der Waals surface area contributed by atoms with Gasteiger partial charge in [0.05, 0.1) is 0 Å². The maximum Gasteiger partial charge on any atom is 0.331 e. The molecule has 1 aromatic rings. The van der Waals surface area contributed by atoms with Crippen LogP contribution in [0.1, 0.15) is 24.1 Å². The normalized spacial score (nSPS) is 19.7. The van der Waals surface area contributed by atoms with Crippen LogP contribution in [0.2, 0.25) is 0 Å². The van der Waals surface area contributed by atoms with E-state index in [2.05, 4.69) is 12.6 Å². The number of carboxylic acids is 1. The van der Waals surface area contributed by atoms with E-state index in [4.69, 9.17) is 0 Å². The number of hydrogen-bond donors (Lipinski definition) is 2. The van der Waals surface area contributed by atoms with Gasteiger partial charge in [-0.15, -0.1) is 0 Å². The Hall–Kier alpha value is -1.49. The minimum Gasteiger partial charge on any atom is -0.479 e. The lowest BCUT2D eigenvalue weighted by Crippen LogP contribution is -2.45. The number of thiol groups is 1. The predicted octanol–water partition coefficient (Wildman–Crippen LogP) is 1.76. The molecule has 102 valence electrons. The molecule has 2 atom stereocenters. The van der Waals surface area contributed by atoms with Crippen LogP contribution in [0.4, 0.5) is 0 Å². The number of hydrogen-bond acceptors (Lipinski definition) is 3. The predicted molar refractivity (Wildman–Crippen MR) is 75.3 cm³/mol. The van der Waals surface area contributed by atoms with Crippen LogP contribution in [0, 0.1) is 5.92 Å². The van der Waals surface area contributed by atoms with E-state index in [1.807, 2.05) is 18.2 Å². The summed E-state index contributed by atoms with van der Waals surface area (Å²) in [5.74, 6) is -0.970. The van der Waals surface area contributed by atoms with Gasteiger partial charge in [0.1, 0.15) is 0 Å². The average Bonchev–Trinajstić information content (AvgIpc) is 2.44. The minimum atomic E-state index is -0.980. The van der Waals surface area contributed by atoms with Crippen molar-refractivity contribution in [1.29, 1.82) is 0 Å². The zero-order valence-corrected chi connectivity index (χ0v) is 11.6. The number of amides is 1. The van der Waals surface area contributed by atoms with E-state index in [0.29, 0.717) is 18.7 Å². The molecule has 0 saturated heterocycles. The lowest BCUT2D eigenvalue weighted by Gasteiger charge is -2.36. The van der Waals surface area contributed by atoms with Crippen LogP contribution in [-0.2, 0) is 16.0 Å². The topological polar surface area (TPSA) is 57.6 Å². The van der Waals surface area contributed by atoms with Crippen LogP contribution in [-0.4, -0.2) is 34.2 Å². The van der Waals surface area contributed by atoms with Gasteiger partial charge in [-0.25, -0.2) is 4.79 Å². The smallest absolute Gasteiger partial charge is 0.331 e. The summed E-state index contributed by atoms with van der Waals surface area (Å²) >= 11 is 4.12. The fraction of sp³-hybridized carbons (Fsp3) is 0.429. The summed E-state index contributed by atoms with van der Waals surface area (Å²) in [6.45, 7) is 2.22. The van der Waals surface area contributed by atoms with E-state index >= 15 is 0 Å². The first-order chi connectivity index (χ1) is 9.06. The monoisotopic (exact) mass is 279 g/mol. The number of benzene rings is 1. The number of carboxylic acid groups (broad SMARTS) is 1. The van der Waals surface area contributed by atoms with Crippen molar-refractivity contribution in [3.8, 4) is 0 Å². The SMILES string of the molecule is C[C@H](CS)C(=O)N1CCc2ccccc2[C@H]1C(=O)O. The van der Waals surface area contributed by atoms with E-state index in [1.54, 1.807) is 13.0 Å². The third-order valence-corrected chi connectivity index (χ3v) is 4.04. The van der Waals surface area contributed by atoms with Crippen LogP contribution < -0.4 is 0 Å². The van der Waals surface area contributed by atoms with E-state index in [0.717, 1.165) is 11.1 Å².